The van der Waals surface area contributed by atoms with Gasteiger partial charge in [-0.25, -0.2) is 4.79 Å². The minimum Gasteiger partial charge on any atom is -0.495 e. The molecule has 2 aromatic carbocycles. The van der Waals surface area contributed by atoms with Crippen molar-refractivity contribution in [3.8, 4) is 11.5 Å². The number of alkyl halides is 3. The van der Waals surface area contributed by atoms with Crippen LogP contribution in [0, 0.1) is 0 Å². The molecule has 1 atom stereocenters. The molecule has 1 amide bonds. The topological polar surface area (TPSA) is 105 Å². The van der Waals surface area contributed by atoms with Crippen LogP contribution in [0.25, 0.3) is 0 Å². The number of carboxylic acids is 1. The van der Waals surface area contributed by atoms with Gasteiger partial charge in [-0.1, -0.05) is 6.07 Å². The SMILES string of the molecule is COc1ccc(CC(O)C(=O)O)cc1NC(=O)COc1ccc(C(F)(F)F)cc1. The molecule has 0 aliphatic carbocycles. The second-order valence-electron chi connectivity index (χ2n) is 5.95. The largest absolute Gasteiger partial charge is 0.495 e. The summed E-state index contributed by atoms with van der Waals surface area (Å²) in [6.45, 7) is -0.476. The zero-order valence-electron chi connectivity index (χ0n) is 15.2. The van der Waals surface area contributed by atoms with Crippen molar-refractivity contribution in [2.45, 2.75) is 18.7 Å². The summed E-state index contributed by atoms with van der Waals surface area (Å²) in [5.41, 5.74) is -0.164. The predicted octanol–water partition coefficient (Wildman–Crippen LogP) is 2.72. The van der Waals surface area contributed by atoms with E-state index in [9.17, 15) is 27.9 Å². The molecule has 7 nitrogen and oxygen atoms in total. The van der Waals surface area contributed by atoms with Gasteiger partial charge in [0.05, 0.1) is 18.4 Å². The van der Waals surface area contributed by atoms with Gasteiger partial charge in [-0.2, -0.15) is 13.2 Å². The molecule has 0 saturated carbocycles. The molecule has 29 heavy (non-hydrogen) atoms. The molecule has 0 heterocycles. The number of aliphatic hydroxyl groups is 1. The molecule has 0 spiro atoms. The van der Waals surface area contributed by atoms with Gasteiger partial charge in [0.2, 0.25) is 0 Å². The van der Waals surface area contributed by atoms with Gasteiger partial charge in [0.1, 0.15) is 11.5 Å². The standard InChI is InChI=1S/C19H18F3NO6/c1-28-16-7-2-11(9-15(24)18(26)27)8-14(16)23-17(25)10-29-13-5-3-12(4-6-13)19(20,21)22/h2-8,15,24H,9-10H2,1H3,(H,23,25)(H,26,27). The van der Waals surface area contributed by atoms with Crippen LogP contribution >= 0.6 is 0 Å². The molecule has 10 heteroatoms. The minimum absolute atomic E-state index is 0.0819. The summed E-state index contributed by atoms with van der Waals surface area (Å²) < 4.78 is 47.9. The van der Waals surface area contributed by atoms with Crippen molar-refractivity contribution in [1.29, 1.82) is 0 Å². The van der Waals surface area contributed by atoms with E-state index >= 15 is 0 Å². The second kappa shape index (κ2) is 9.28. The Morgan fingerprint density at radius 3 is 2.34 bits per heavy atom. The van der Waals surface area contributed by atoms with Crippen LogP contribution in [0.3, 0.4) is 0 Å². The number of anilines is 1. The van der Waals surface area contributed by atoms with Gasteiger partial charge in [-0.3, -0.25) is 4.79 Å². The van der Waals surface area contributed by atoms with Gasteiger partial charge in [0.15, 0.2) is 12.7 Å². The molecule has 0 fully saturated rings. The van der Waals surface area contributed by atoms with E-state index in [4.69, 9.17) is 14.6 Å². The summed E-state index contributed by atoms with van der Waals surface area (Å²) in [5, 5.41) is 20.7. The van der Waals surface area contributed by atoms with Crippen LogP contribution in [0.2, 0.25) is 0 Å². The molecule has 1 unspecified atom stereocenters. The first-order valence-electron chi connectivity index (χ1n) is 8.28. The van der Waals surface area contributed by atoms with Gasteiger partial charge >= 0.3 is 12.1 Å². The molecule has 2 rings (SSSR count). The zero-order valence-corrected chi connectivity index (χ0v) is 15.2. The van der Waals surface area contributed by atoms with E-state index < -0.39 is 36.3 Å². The lowest BCUT2D eigenvalue weighted by molar-refractivity contribution is -0.146. The fourth-order valence-electron chi connectivity index (χ4n) is 2.37. The van der Waals surface area contributed by atoms with E-state index in [1.807, 2.05) is 0 Å². The van der Waals surface area contributed by atoms with E-state index in [1.54, 1.807) is 6.07 Å². The summed E-state index contributed by atoms with van der Waals surface area (Å²) in [4.78, 5) is 22.9. The highest BCUT2D eigenvalue weighted by atomic mass is 19.4. The number of carbonyl (C=O) groups excluding carboxylic acids is 1. The second-order valence-corrected chi connectivity index (χ2v) is 5.95. The highest BCUT2D eigenvalue weighted by Crippen LogP contribution is 2.30. The molecular formula is C19H18F3NO6. The first-order valence-corrected chi connectivity index (χ1v) is 8.28. The number of hydrogen-bond acceptors (Lipinski definition) is 5. The predicted molar refractivity (Wildman–Crippen MR) is 95.9 cm³/mol. The number of aliphatic hydroxyl groups excluding tert-OH is 1. The normalized spacial score (nSPS) is 12.2. The van der Waals surface area contributed by atoms with Crippen molar-refractivity contribution in [2.24, 2.45) is 0 Å². The number of carbonyl (C=O) groups is 2. The van der Waals surface area contributed by atoms with Crippen molar-refractivity contribution in [3.05, 3.63) is 53.6 Å². The van der Waals surface area contributed by atoms with Crippen molar-refractivity contribution in [3.63, 3.8) is 0 Å². The van der Waals surface area contributed by atoms with Crippen LogP contribution in [0.5, 0.6) is 11.5 Å². The van der Waals surface area contributed by atoms with Gasteiger partial charge in [-0.15, -0.1) is 0 Å². The number of rotatable bonds is 8. The Morgan fingerprint density at radius 1 is 1.14 bits per heavy atom. The Balaban J connectivity index is 2.01. The number of hydrogen-bond donors (Lipinski definition) is 3. The molecule has 0 saturated heterocycles. The van der Waals surface area contributed by atoms with E-state index in [0.717, 1.165) is 24.3 Å². The molecule has 0 bridgehead atoms. The lowest BCUT2D eigenvalue weighted by atomic mass is 10.1. The fourth-order valence-corrected chi connectivity index (χ4v) is 2.37. The quantitative estimate of drug-likeness (QED) is 0.615. The fraction of sp³-hybridized carbons (Fsp3) is 0.263. The number of benzene rings is 2. The van der Waals surface area contributed by atoms with Gasteiger partial charge in [0, 0.05) is 6.42 Å². The van der Waals surface area contributed by atoms with E-state index in [-0.39, 0.29) is 17.9 Å². The number of amides is 1. The smallest absolute Gasteiger partial charge is 0.416 e. The average molecular weight is 413 g/mol. The summed E-state index contributed by atoms with van der Waals surface area (Å²) in [7, 11) is 1.37. The molecule has 0 aliphatic rings. The maximum absolute atomic E-state index is 12.5. The number of halogens is 3. The van der Waals surface area contributed by atoms with Crippen LogP contribution in [0.1, 0.15) is 11.1 Å². The first kappa shape index (κ1) is 22.0. The summed E-state index contributed by atoms with van der Waals surface area (Å²) >= 11 is 0. The van der Waals surface area contributed by atoms with Crippen LogP contribution < -0.4 is 14.8 Å². The van der Waals surface area contributed by atoms with Gasteiger partial charge < -0.3 is 25.0 Å². The Labute approximate surface area is 163 Å². The Kier molecular flexibility index (Phi) is 7.05. The van der Waals surface area contributed by atoms with Crippen molar-refractivity contribution in [2.75, 3.05) is 19.0 Å². The third kappa shape index (κ3) is 6.39. The highest BCUT2D eigenvalue weighted by molar-refractivity contribution is 5.93. The maximum atomic E-state index is 12.5. The monoisotopic (exact) mass is 413 g/mol. The molecule has 0 radical (unpaired) electrons. The van der Waals surface area contributed by atoms with Crippen LogP contribution in [0.15, 0.2) is 42.5 Å². The maximum Gasteiger partial charge on any atom is 0.416 e. The molecule has 156 valence electrons. The van der Waals surface area contributed by atoms with Crippen molar-refractivity contribution < 1.29 is 42.4 Å². The summed E-state index contributed by atoms with van der Waals surface area (Å²) in [6.07, 6.45) is -6.24. The lowest BCUT2D eigenvalue weighted by Gasteiger charge is -2.14. The number of nitrogens with one attached hydrogen (secondary N) is 1. The van der Waals surface area contributed by atoms with Crippen LogP contribution in [0.4, 0.5) is 18.9 Å². The molecule has 2 aromatic rings. The summed E-state index contributed by atoms with van der Waals surface area (Å²) in [5.74, 6) is -1.62. The molecule has 3 N–H and O–H groups in total. The molecule has 0 aromatic heterocycles. The highest BCUT2D eigenvalue weighted by Gasteiger charge is 2.30. The Bertz CT molecular complexity index is 867. The number of methoxy groups -OCH3 is 1. The zero-order chi connectivity index (χ0) is 21.6. The van der Waals surface area contributed by atoms with Gasteiger partial charge in [-0.05, 0) is 42.0 Å². The molecule has 0 aliphatic heterocycles. The van der Waals surface area contributed by atoms with Crippen molar-refractivity contribution in [1.82, 2.24) is 0 Å². The van der Waals surface area contributed by atoms with Crippen LogP contribution in [-0.2, 0) is 22.2 Å². The van der Waals surface area contributed by atoms with Gasteiger partial charge in [0.25, 0.3) is 5.91 Å². The van der Waals surface area contributed by atoms with E-state index in [0.29, 0.717) is 11.3 Å². The molecular weight excluding hydrogens is 395 g/mol. The Hall–Kier alpha value is -3.27. The first-order chi connectivity index (χ1) is 13.6. The van der Waals surface area contributed by atoms with Crippen LogP contribution in [-0.4, -0.2) is 41.9 Å². The van der Waals surface area contributed by atoms with E-state index in [1.165, 1.54) is 19.2 Å². The minimum atomic E-state index is -4.47. The lowest BCUT2D eigenvalue weighted by Crippen LogP contribution is -2.23. The number of aliphatic carboxylic acids is 1. The summed E-state index contributed by atoms with van der Waals surface area (Å²) in [6, 6.07) is 8.37. The average Bonchev–Trinajstić information content (AvgIpc) is 2.66. The number of ether oxygens (including phenoxy) is 2. The third-order valence-corrected chi connectivity index (χ3v) is 3.80. The number of carboxylic acid groups (broad SMARTS) is 1. The Morgan fingerprint density at radius 2 is 1.79 bits per heavy atom. The third-order valence-electron chi connectivity index (χ3n) is 3.80. The van der Waals surface area contributed by atoms with E-state index in [2.05, 4.69) is 5.32 Å². The van der Waals surface area contributed by atoms with Crippen molar-refractivity contribution >= 4 is 17.6 Å².